The summed E-state index contributed by atoms with van der Waals surface area (Å²) in [5, 5.41) is 6.17. The van der Waals surface area contributed by atoms with E-state index >= 15 is 0 Å². The Labute approximate surface area is 211 Å². The van der Waals surface area contributed by atoms with Crippen molar-refractivity contribution in [3.63, 3.8) is 0 Å². The number of esters is 1. The second-order valence-corrected chi connectivity index (χ2v) is 9.33. The minimum absolute atomic E-state index is 0.000512. The Balaban J connectivity index is 1.32. The third-order valence-corrected chi connectivity index (χ3v) is 7.09. The van der Waals surface area contributed by atoms with E-state index in [1.165, 1.54) is 29.5 Å². The summed E-state index contributed by atoms with van der Waals surface area (Å²) in [6, 6.07) is 27.7. The molecule has 4 aromatic carbocycles. The Morgan fingerprint density at radius 1 is 1.06 bits per heavy atom. The standard InChI is InChI=1S/C31H30FNO3/c1-20(24-12-7-9-21-8-3-4-10-25(21)24)33-17-16-23-19-27(26-11-5-6-13-30(26)36-23)22-14-15-29(32)28(18-22)31(34)35-2/h3-15,18,20,23,27,33H,16-17,19H2,1-2H3/t20-,23+,27-/m1/s1. The number of para-hydroxylation sites is 1. The SMILES string of the molecule is COC(=O)c1cc([C@H]2C[C@H](CCN[C@H](C)c3cccc4ccccc34)Oc3ccccc32)ccc1F. The summed E-state index contributed by atoms with van der Waals surface area (Å²) < 4.78 is 25.4. The van der Waals surface area contributed by atoms with E-state index in [2.05, 4.69) is 54.7 Å². The maximum Gasteiger partial charge on any atom is 0.340 e. The van der Waals surface area contributed by atoms with Crippen LogP contribution in [0.15, 0.2) is 84.9 Å². The molecule has 0 aromatic heterocycles. The fourth-order valence-corrected chi connectivity index (χ4v) is 5.21. The zero-order chi connectivity index (χ0) is 25.1. The molecule has 0 amide bonds. The zero-order valence-electron chi connectivity index (χ0n) is 20.5. The summed E-state index contributed by atoms with van der Waals surface area (Å²) in [7, 11) is 1.26. The summed E-state index contributed by atoms with van der Waals surface area (Å²) in [5.74, 6) is -0.406. The zero-order valence-corrected chi connectivity index (χ0v) is 20.5. The maximum atomic E-state index is 14.3. The number of hydrogen-bond donors (Lipinski definition) is 1. The topological polar surface area (TPSA) is 47.6 Å². The van der Waals surface area contributed by atoms with Crippen molar-refractivity contribution in [3.8, 4) is 5.75 Å². The van der Waals surface area contributed by atoms with E-state index < -0.39 is 11.8 Å². The molecule has 0 aliphatic carbocycles. The molecule has 184 valence electrons. The second kappa shape index (κ2) is 10.5. The molecule has 1 aliphatic rings. The lowest BCUT2D eigenvalue weighted by Gasteiger charge is -2.33. The summed E-state index contributed by atoms with van der Waals surface area (Å²) in [6.45, 7) is 2.98. The van der Waals surface area contributed by atoms with Gasteiger partial charge >= 0.3 is 5.97 Å². The third-order valence-electron chi connectivity index (χ3n) is 7.09. The predicted molar refractivity (Wildman–Crippen MR) is 140 cm³/mol. The normalized spacial score (nSPS) is 17.8. The highest BCUT2D eigenvalue weighted by atomic mass is 19.1. The Bertz CT molecular complexity index is 1380. The fraction of sp³-hybridized carbons (Fsp3) is 0.258. The van der Waals surface area contributed by atoms with Gasteiger partial charge in [0, 0.05) is 17.5 Å². The van der Waals surface area contributed by atoms with Crippen molar-refractivity contribution in [1.29, 1.82) is 0 Å². The number of ether oxygens (including phenoxy) is 2. The molecule has 4 nitrogen and oxygen atoms in total. The maximum absolute atomic E-state index is 14.3. The van der Waals surface area contributed by atoms with Crippen LogP contribution in [0.2, 0.25) is 0 Å². The number of methoxy groups -OCH3 is 1. The van der Waals surface area contributed by atoms with Crippen molar-refractivity contribution >= 4 is 16.7 Å². The van der Waals surface area contributed by atoms with Gasteiger partial charge in [0.1, 0.15) is 17.7 Å². The van der Waals surface area contributed by atoms with Crippen molar-refractivity contribution in [2.75, 3.05) is 13.7 Å². The highest BCUT2D eigenvalue weighted by Gasteiger charge is 2.30. The molecule has 1 N–H and O–H groups in total. The summed E-state index contributed by atoms with van der Waals surface area (Å²) >= 11 is 0. The minimum Gasteiger partial charge on any atom is -0.490 e. The van der Waals surface area contributed by atoms with E-state index in [1.54, 1.807) is 12.1 Å². The van der Waals surface area contributed by atoms with Gasteiger partial charge in [-0.25, -0.2) is 9.18 Å². The lowest BCUT2D eigenvalue weighted by molar-refractivity contribution is 0.0595. The Hall–Kier alpha value is -3.70. The quantitative estimate of drug-likeness (QED) is 0.294. The average Bonchev–Trinajstić information content (AvgIpc) is 2.92. The largest absolute Gasteiger partial charge is 0.490 e. The lowest BCUT2D eigenvalue weighted by atomic mass is 9.83. The molecule has 0 radical (unpaired) electrons. The smallest absolute Gasteiger partial charge is 0.340 e. The van der Waals surface area contributed by atoms with E-state index in [0.717, 1.165) is 36.3 Å². The lowest BCUT2D eigenvalue weighted by Crippen LogP contribution is -2.31. The Kier molecular flexibility index (Phi) is 7.01. The van der Waals surface area contributed by atoms with E-state index in [-0.39, 0.29) is 23.6 Å². The molecule has 1 heterocycles. The molecule has 0 saturated heterocycles. The van der Waals surface area contributed by atoms with Crippen LogP contribution in [-0.2, 0) is 4.74 Å². The van der Waals surface area contributed by atoms with Crippen LogP contribution >= 0.6 is 0 Å². The monoisotopic (exact) mass is 483 g/mol. The van der Waals surface area contributed by atoms with Crippen molar-refractivity contribution in [3.05, 3.63) is 113 Å². The van der Waals surface area contributed by atoms with Crippen LogP contribution in [0.4, 0.5) is 4.39 Å². The average molecular weight is 484 g/mol. The molecular weight excluding hydrogens is 453 g/mol. The number of hydrogen-bond acceptors (Lipinski definition) is 4. The van der Waals surface area contributed by atoms with E-state index in [0.29, 0.717) is 0 Å². The molecule has 36 heavy (non-hydrogen) atoms. The highest BCUT2D eigenvalue weighted by molar-refractivity contribution is 5.90. The van der Waals surface area contributed by atoms with Crippen LogP contribution < -0.4 is 10.1 Å². The summed E-state index contributed by atoms with van der Waals surface area (Å²) in [5.41, 5.74) is 3.17. The van der Waals surface area contributed by atoms with E-state index in [4.69, 9.17) is 9.47 Å². The van der Waals surface area contributed by atoms with Crippen molar-refractivity contribution in [2.24, 2.45) is 0 Å². The van der Waals surface area contributed by atoms with Crippen molar-refractivity contribution in [2.45, 2.75) is 37.8 Å². The number of halogens is 1. The van der Waals surface area contributed by atoms with Crippen LogP contribution in [0.3, 0.4) is 0 Å². The third kappa shape index (κ3) is 4.84. The first-order valence-electron chi connectivity index (χ1n) is 12.4. The molecule has 0 bridgehead atoms. The molecule has 5 rings (SSSR count). The first-order valence-corrected chi connectivity index (χ1v) is 12.4. The molecule has 4 aromatic rings. The highest BCUT2D eigenvalue weighted by Crippen LogP contribution is 2.41. The van der Waals surface area contributed by atoms with Gasteiger partial charge in [0.25, 0.3) is 0 Å². The number of fused-ring (bicyclic) bond motifs is 2. The van der Waals surface area contributed by atoms with Crippen molar-refractivity contribution < 1.29 is 18.7 Å². The number of nitrogens with one attached hydrogen (secondary N) is 1. The van der Waals surface area contributed by atoms with Gasteiger partial charge in [-0.05, 0) is 66.4 Å². The molecule has 0 fully saturated rings. The van der Waals surface area contributed by atoms with Gasteiger partial charge in [0.15, 0.2) is 0 Å². The molecule has 0 unspecified atom stereocenters. The van der Waals surface area contributed by atoms with Crippen LogP contribution in [0.1, 0.15) is 58.8 Å². The molecule has 1 aliphatic heterocycles. The number of carbonyl (C=O) groups is 1. The Morgan fingerprint density at radius 2 is 1.83 bits per heavy atom. The van der Waals surface area contributed by atoms with Crippen LogP contribution in [0.5, 0.6) is 5.75 Å². The van der Waals surface area contributed by atoms with Gasteiger partial charge < -0.3 is 14.8 Å². The van der Waals surface area contributed by atoms with Crippen LogP contribution in [0.25, 0.3) is 10.8 Å². The van der Waals surface area contributed by atoms with Gasteiger partial charge in [0.05, 0.1) is 12.7 Å². The number of benzene rings is 4. The van der Waals surface area contributed by atoms with Crippen molar-refractivity contribution in [1.82, 2.24) is 5.32 Å². The fourth-order valence-electron chi connectivity index (χ4n) is 5.21. The molecule has 0 spiro atoms. The van der Waals surface area contributed by atoms with Crippen LogP contribution in [-0.4, -0.2) is 25.7 Å². The summed E-state index contributed by atoms with van der Waals surface area (Å²) in [4.78, 5) is 12.1. The van der Waals surface area contributed by atoms with Gasteiger partial charge in [-0.1, -0.05) is 66.7 Å². The molecular formula is C31H30FNO3. The van der Waals surface area contributed by atoms with Gasteiger partial charge in [-0.15, -0.1) is 0 Å². The molecule has 3 atom stereocenters. The van der Waals surface area contributed by atoms with E-state index in [9.17, 15) is 9.18 Å². The van der Waals surface area contributed by atoms with Crippen LogP contribution in [0, 0.1) is 5.82 Å². The molecule has 5 heteroatoms. The number of carbonyl (C=O) groups excluding carboxylic acids is 1. The van der Waals surface area contributed by atoms with Gasteiger partial charge in [-0.2, -0.15) is 0 Å². The predicted octanol–water partition coefficient (Wildman–Crippen LogP) is 6.79. The second-order valence-electron chi connectivity index (χ2n) is 9.33. The Morgan fingerprint density at radius 3 is 2.69 bits per heavy atom. The minimum atomic E-state index is -0.669. The van der Waals surface area contributed by atoms with E-state index in [1.807, 2.05) is 24.3 Å². The summed E-state index contributed by atoms with van der Waals surface area (Å²) in [6.07, 6.45) is 1.56. The van der Waals surface area contributed by atoms with Gasteiger partial charge in [-0.3, -0.25) is 0 Å². The molecule has 0 saturated carbocycles. The number of rotatable bonds is 7. The first-order chi connectivity index (χ1) is 17.5. The van der Waals surface area contributed by atoms with Gasteiger partial charge in [0.2, 0.25) is 0 Å². The first kappa shape index (κ1) is 24.0.